The summed E-state index contributed by atoms with van der Waals surface area (Å²) in [5.74, 6) is -0.748. The minimum Gasteiger partial charge on any atom is -0.481 e. The fraction of sp³-hybridized carbons (Fsp3) is 0.417. The molecule has 3 heteroatoms. The minimum atomic E-state index is -0.748. The van der Waals surface area contributed by atoms with E-state index in [-0.39, 0.29) is 6.10 Å². The van der Waals surface area contributed by atoms with Gasteiger partial charge in [-0.3, -0.25) is 4.79 Å². The van der Waals surface area contributed by atoms with Gasteiger partial charge < -0.3 is 9.84 Å². The molecular formula is C12H14O3. The van der Waals surface area contributed by atoms with E-state index in [2.05, 4.69) is 0 Å². The Labute approximate surface area is 88.7 Å². The van der Waals surface area contributed by atoms with Crippen molar-refractivity contribution in [3.63, 3.8) is 0 Å². The lowest BCUT2D eigenvalue weighted by atomic mass is 9.62. The minimum absolute atomic E-state index is 0.0845. The van der Waals surface area contributed by atoms with Crippen molar-refractivity contribution < 1.29 is 14.6 Å². The Morgan fingerprint density at radius 1 is 1.40 bits per heavy atom. The molecule has 1 saturated carbocycles. The van der Waals surface area contributed by atoms with Crippen LogP contribution in [0.2, 0.25) is 0 Å². The number of methoxy groups -OCH3 is 1. The summed E-state index contributed by atoms with van der Waals surface area (Å²) in [6, 6.07) is 9.39. The molecule has 3 nitrogen and oxygen atoms in total. The number of carbonyl (C=O) groups is 1. The van der Waals surface area contributed by atoms with Crippen LogP contribution < -0.4 is 0 Å². The standard InChI is InChI=1S/C12H14O3/c1-15-10-7-12(8-10,11(13)14)9-5-3-2-4-6-9/h2-6,10H,7-8H2,1H3,(H,13,14). The van der Waals surface area contributed by atoms with Gasteiger partial charge in [0.15, 0.2) is 0 Å². The molecule has 0 aromatic heterocycles. The SMILES string of the molecule is COC1CC(C(=O)O)(c2ccccc2)C1. The summed E-state index contributed by atoms with van der Waals surface area (Å²) in [5, 5.41) is 9.29. The number of aliphatic carboxylic acids is 1. The van der Waals surface area contributed by atoms with Gasteiger partial charge in [-0.25, -0.2) is 0 Å². The maximum atomic E-state index is 11.3. The van der Waals surface area contributed by atoms with Crippen molar-refractivity contribution in [2.45, 2.75) is 24.4 Å². The summed E-state index contributed by atoms with van der Waals surface area (Å²) in [5.41, 5.74) is 0.160. The van der Waals surface area contributed by atoms with Crippen LogP contribution in [0.15, 0.2) is 30.3 Å². The van der Waals surface area contributed by atoms with Gasteiger partial charge in [-0.15, -0.1) is 0 Å². The number of carboxylic acids is 1. The maximum absolute atomic E-state index is 11.3. The van der Waals surface area contributed by atoms with Gasteiger partial charge >= 0.3 is 5.97 Å². The summed E-state index contributed by atoms with van der Waals surface area (Å²) in [7, 11) is 1.63. The zero-order valence-electron chi connectivity index (χ0n) is 8.64. The second kappa shape index (κ2) is 3.66. The van der Waals surface area contributed by atoms with Crippen LogP contribution in [0.3, 0.4) is 0 Å². The molecule has 15 heavy (non-hydrogen) atoms. The quantitative estimate of drug-likeness (QED) is 0.820. The van der Waals surface area contributed by atoms with Crippen LogP contribution in [-0.2, 0) is 14.9 Å². The smallest absolute Gasteiger partial charge is 0.314 e. The first-order chi connectivity index (χ1) is 7.19. The molecule has 0 heterocycles. The number of ether oxygens (including phenoxy) is 1. The van der Waals surface area contributed by atoms with Crippen LogP contribution in [0.4, 0.5) is 0 Å². The molecule has 0 unspecified atom stereocenters. The molecule has 1 aliphatic rings. The highest BCUT2D eigenvalue weighted by atomic mass is 16.5. The molecule has 1 aromatic carbocycles. The van der Waals surface area contributed by atoms with Crippen LogP contribution in [-0.4, -0.2) is 24.3 Å². The van der Waals surface area contributed by atoms with Crippen molar-refractivity contribution >= 4 is 5.97 Å². The van der Waals surface area contributed by atoms with Crippen LogP contribution in [0.5, 0.6) is 0 Å². The van der Waals surface area contributed by atoms with Gasteiger partial charge in [0.1, 0.15) is 0 Å². The zero-order chi connectivity index (χ0) is 10.9. The van der Waals surface area contributed by atoms with Crippen LogP contribution in [0, 0.1) is 0 Å². The molecular weight excluding hydrogens is 192 g/mol. The first-order valence-electron chi connectivity index (χ1n) is 5.01. The van der Waals surface area contributed by atoms with Crippen molar-refractivity contribution in [1.29, 1.82) is 0 Å². The van der Waals surface area contributed by atoms with Crippen molar-refractivity contribution in [2.75, 3.05) is 7.11 Å². The first-order valence-corrected chi connectivity index (χ1v) is 5.01. The largest absolute Gasteiger partial charge is 0.481 e. The monoisotopic (exact) mass is 206 g/mol. The Bertz CT molecular complexity index is 352. The molecule has 0 amide bonds. The van der Waals surface area contributed by atoms with Gasteiger partial charge in [-0.2, -0.15) is 0 Å². The average Bonchev–Trinajstić information content (AvgIpc) is 2.18. The highest BCUT2D eigenvalue weighted by molar-refractivity contribution is 5.83. The highest BCUT2D eigenvalue weighted by Crippen LogP contribution is 2.45. The Kier molecular flexibility index (Phi) is 2.49. The van der Waals surface area contributed by atoms with E-state index in [9.17, 15) is 9.90 Å². The number of rotatable bonds is 3. The summed E-state index contributed by atoms with van der Waals surface area (Å²) in [6.07, 6.45) is 1.23. The van der Waals surface area contributed by atoms with Gasteiger partial charge in [-0.1, -0.05) is 30.3 Å². The number of carboxylic acid groups (broad SMARTS) is 1. The average molecular weight is 206 g/mol. The molecule has 0 radical (unpaired) electrons. The van der Waals surface area contributed by atoms with E-state index < -0.39 is 11.4 Å². The van der Waals surface area contributed by atoms with Crippen LogP contribution >= 0.6 is 0 Å². The van der Waals surface area contributed by atoms with Gasteiger partial charge in [0.2, 0.25) is 0 Å². The summed E-state index contributed by atoms with van der Waals surface area (Å²) in [6.45, 7) is 0. The number of hydrogen-bond donors (Lipinski definition) is 1. The predicted molar refractivity (Wildman–Crippen MR) is 55.8 cm³/mol. The van der Waals surface area contributed by atoms with Gasteiger partial charge in [0, 0.05) is 7.11 Å². The molecule has 1 aromatic rings. The Morgan fingerprint density at radius 3 is 2.47 bits per heavy atom. The lowest BCUT2D eigenvalue weighted by Crippen LogP contribution is -2.51. The second-order valence-electron chi connectivity index (χ2n) is 4.02. The molecule has 2 rings (SSSR count). The van der Waals surface area contributed by atoms with Crippen molar-refractivity contribution in [3.8, 4) is 0 Å². The Morgan fingerprint density at radius 2 is 2.00 bits per heavy atom. The molecule has 0 bridgehead atoms. The van der Waals surface area contributed by atoms with E-state index in [0.717, 1.165) is 5.56 Å². The van der Waals surface area contributed by atoms with Crippen LogP contribution in [0.1, 0.15) is 18.4 Å². The Balaban J connectivity index is 2.27. The van der Waals surface area contributed by atoms with E-state index in [4.69, 9.17) is 4.74 Å². The fourth-order valence-corrected chi connectivity index (χ4v) is 2.18. The van der Waals surface area contributed by atoms with Gasteiger partial charge in [0.25, 0.3) is 0 Å². The normalized spacial score (nSPS) is 29.5. The molecule has 1 aliphatic carbocycles. The topological polar surface area (TPSA) is 46.5 Å². The van der Waals surface area contributed by atoms with Crippen molar-refractivity contribution in [2.24, 2.45) is 0 Å². The number of hydrogen-bond acceptors (Lipinski definition) is 2. The molecule has 0 atom stereocenters. The predicted octanol–water partition coefficient (Wildman–Crippen LogP) is 1.82. The zero-order valence-corrected chi connectivity index (χ0v) is 8.64. The van der Waals surface area contributed by atoms with Crippen molar-refractivity contribution in [1.82, 2.24) is 0 Å². The molecule has 0 aliphatic heterocycles. The molecule has 1 N–H and O–H groups in total. The third-order valence-electron chi connectivity index (χ3n) is 3.22. The lowest BCUT2D eigenvalue weighted by Gasteiger charge is -2.43. The third-order valence-corrected chi connectivity index (χ3v) is 3.22. The fourth-order valence-electron chi connectivity index (χ4n) is 2.18. The van der Waals surface area contributed by atoms with E-state index in [0.29, 0.717) is 12.8 Å². The molecule has 1 fully saturated rings. The molecule has 80 valence electrons. The van der Waals surface area contributed by atoms with Crippen LogP contribution in [0.25, 0.3) is 0 Å². The lowest BCUT2D eigenvalue weighted by molar-refractivity contribution is -0.154. The highest BCUT2D eigenvalue weighted by Gasteiger charge is 2.51. The molecule has 0 saturated heterocycles. The van der Waals surface area contributed by atoms with E-state index in [1.807, 2.05) is 30.3 Å². The Hall–Kier alpha value is -1.35. The molecule has 0 spiro atoms. The van der Waals surface area contributed by atoms with E-state index in [1.165, 1.54) is 0 Å². The van der Waals surface area contributed by atoms with Gasteiger partial charge in [0.05, 0.1) is 11.5 Å². The summed E-state index contributed by atoms with van der Waals surface area (Å²) in [4.78, 5) is 11.3. The summed E-state index contributed by atoms with van der Waals surface area (Å²) < 4.78 is 5.15. The maximum Gasteiger partial charge on any atom is 0.314 e. The van der Waals surface area contributed by atoms with Crippen molar-refractivity contribution in [3.05, 3.63) is 35.9 Å². The van der Waals surface area contributed by atoms with E-state index in [1.54, 1.807) is 7.11 Å². The third kappa shape index (κ3) is 1.53. The second-order valence-corrected chi connectivity index (χ2v) is 4.02. The number of benzene rings is 1. The van der Waals surface area contributed by atoms with E-state index >= 15 is 0 Å². The first kappa shape index (κ1) is 10.2. The van der Waals surface area contributed by atoms with Gasteiger partial charge in [-0.05, 0) is 18.4 Å². The summed E-state index contributed by atoms with van der Waals surface area (Å²) >= 11 is 0.